The van der Waals surface area contributed by atoms with E-state index in [0.717, 1.165) is 0 Å². The summed E-state index contributed by atoms with van der Waals surface area (Å²) in [6.45, 7) is 28.5. The van der Waals surface area contributed by atoms with Crippen molar-refractivity contribution in [2.24, 2.45) is 0 Å². The van der Waals surface area contributed by atoms with E-state index in [1.807, 2.05) is 0 Å². The van der Waals surface area contributed by atoms with Crippen LogP contribution in [0.1, 0.15) is 1.43 Å². The fourth-order valence-electron chi connectivity index (χ4n) is 0. The molecule has 0 amide bonds. The molecule has 0 spiro atoms. The van der Waals surface area contributed by atoms with Crippen LogP contribution in [0.3, 0.4) is 0 Å². The first-order chi connectivity index (χ1) is 6.00. The molecule has 0 aliphatic carbocycles. The summed E-state index contributed by atoms with van der Waals surface area (Å²) in [6.07, 6.45) is 0. The SMILES string of the molecule is [C-]#N.[C-]#N.[C-]#N.[C-]#N.[C-]#N.[C-]#N.[H-].[K+].[Mn].[Mn]. The molecule has 0 unspecified atom stereocenters. The summed E-state index contributed by atoms with van der Waals surface area (Å²) >= 11 is 0. The Morgan fingerprint density at radius 1 is 0.400 bits per heavy atom. The minimum absolute atomic E-state index is 0. The van der Waals surface area contributed by atoms with Crippen LogP contribution in [-0.2, 0) is 34.1 Å². The predicted octanol–water partition coefficient (Wildman–Crippen LogP) is -2.31. The van der Waals surface area contributed by atoms with Crippen molar-refractivity contribution in [1.29, 1.82) is 31.6 Å². The number of hydrogen-bond acceptors (Lipinski definition) is 6. The van der Waals surface area contributed by atoms with Crippen LogP contribution < -0.4 is 51.4 Å². The summed E-state index contributed by atoms with van der Waals surface area (Å²) in [6, 6.07) is 0. The zero-order chi connectivity index (χ0) is 12.0. The van der Waals surface area contributed by atoms with Gasteiger partial charge in [0.25, 0.3) is 0 Å². The molecule has 0 fully saturated rings. The van der Waals surface area contributed by atoms with Crippen molar-refractivity contribution in [3.05, 3.63) is 39.4 Å². The van der Waals surface area contributed by atoms with Gasteiger partial charge in [0.1, 0.15) is 0 Å². The molecule has 0 aromatic carbocycles. The van der Waals surface area contributed by atoms with Crippen molar-refractivity contribution in [2.45, 2.75) is 0 Å². The summed E-state index contributed by atoms with van der Waals surface area (Å²) < 4.78 is 0. The Kier molecular flexibility index (Phi) is 83900. The van der Waals surface area contributed by atoms with Crippen molar-refractivity contribution >= 4 is 0 Å². The summed E-state index contributed by atoms with van der Waals surface area (Å²) in [4.78, 5) is 0. The van der Waals surface area contributed by atoms with Gasteiger partial charge in [0.15, 0.2) is 0 Å². The molecule has 76 valence electrons. The Labute approximate surface area is 156 Å². The largest absolute Gasteiger partial charge is 1.00 e. The summed E-state index contributed by atoms with van der Waals surface area (Å²) in [5.41, 5.74) is 0. The number of hydrogen-bond donors (Lipinski definition) is 0. The molecule has 0 aliphatic rings. The summed E-state index contributed by atoms with van der Waals surface area (Å²) in [5, 5.41) is 37.5. The molecule has 0 bridgehead atoms. The Morgan fingerprint density at radius 2 is 0.400 bits per heavy atom. The Hall–Kier alpha value is -0.385. The normalized spacial score (nSPS) is 0.800. The van der Waals surface area contributed by atoms with Crippen LogP contribution in [0, 0.1) is 71.0 Å². The average Bonchev–Trinajstić information content (AvgIpc) is 2.33. The van der Waals surface area contributed by atoms with Crippen LogP contribution in [-0.4, -0.2) is 0 Å². The molecule has 15 heavy (non-hydrogen) atoms. The van der Waals surface area contributed by atoms with E-state index in [-0.39, 0.29) is 86.9 Å². The van der Waals surface area contributed by atoms with E-state index in [1.54, 1.807) is 0 Å². The van der Waals surface area contributed by atoms with E-state index >= 15 is 0 Å². The van der Waals surface area contributed by atoms with Gasteiger partial charge in [0, 0.05) is 34.1 Å². The van der Waals surface area contributed by atoms with E-state index in [0.29, 0.717) is 0 Å². The van der Waals surface area contributed by atoms with E-state index in [2.05, 4.69) is 0 Å². The number of rotatable bonds is 0. The molecule has 6 nitrogen and oxygen atoms in total. The molecule has 0 heterocycles. The molecular weight excluding hydrogens is 305 g/mol. The maximum Gasteiger partial charge on any atom is 1.00 e. The van der Waals surface area contributed by atoms with Crippen molar-refractivity contribution in [2.75, 3.05) is 0 Å². The van der Waals surface area contributed by atoms with Gasteiger partial charge < -0.3 is 72.4 Å². The molecule has 0 atom stereocenters. The quantitative estimate of drug-likeness (QED) is 0.363. The average molecular weight is 306 g/mol. The zero-order valence-corrected chi connectivity index (χ0v) is 12.9. The van der Waals surface area contributed by atoms with Crippen LogP contribution in [0.4, 0.5) is 0 Å². The minimum Gasteiger partial charge on any atom is -1.00 e. The molecule has 0 saturated carbocycles. The fraction of sp³-hybridized carbons (Fsp3) is 0. The predicted molar refractivity (Wildman–Crippen MR) is 30.9 cm³/mol. The first-order valence-corrected chi connectivity index (χ1v) is 1.34. The third-order valence-corrected chi connectivity index (χ3v) is 0. The van der Waals surface area contributed by atoms with E-state index in [4.69, 9.17) is 71.0 Å². The van der Waals surface area contributed by atoms with Gasteiger partial charge in [-0.15, -0.1) is 0 Å². The maximum atomic E-state index is 6.25. The molecule has 9 heteroatoms. The van der Waals surface area contributed by atoms with Gasteiger partial charge >= 0.3 is 51.4 Å². The first kappa shape index (κ1) is 85.9. The van der Waals surface area contributed by atoms with E-state index in [9.17, 15) is 0 Å². The van der Waals surface area contributed by atoms with Crippen molar-refractivity contribution in [3.8, 4) is 0 Å². The Balaban J connectivity index is -0.00000000321. The van der Waals surface area contributed by atoms with E-state index in [1.165, 1.54) is 0 Å². The smallest absolute Gasteiger partial charge is 1.00 e. The van der Waals surface area contributed by atoms with Crippen molar-refractivity contribution in [1.82, 2.24) is 0 Å². The number of nitrogens with zero attached hydrogens (tertiary/aromatic N) is 6. The molecule has 0 rings (SSSR count). The third kappa shape index (κ3) is 12400. The second-order valence-electron chi connectivity index (χ2n) is 0. The first-order valence-electron chi connectivity index (χ1n) is 1.34. The Bertz CT molecular complexity index is 106. The molecule has 0 saturated heterocycles. The van der Waals surface area contributed by atoms with Gasteiger partial charge in [-0.3, -0.25) is 0 Å². The molecular formula is C6HKMn2N6-6. The second kappa shape index (κ2) is 14600. The minimum atomic E-state index is 0. The van der Waals surface area contributed by atoms with Crippen LogP contribution in [0.2, 0.25) is 0 Å². The topological polar surface area (TPSA) is 143 Å². The summed E-state index contributed by atoms with van der Waals surface area (Å²) in [5.74, 6) is 0. The monoisotopic (exact) mass is 306 g/mol. The van der Waals surface area contributed by atoms with Crippen LogP contribution >= 0.6 is 0 Å². The second-order valence-corrected chi connectivity index (χ2v) is 0. The summed E-state index contributed by atoms with van der Waals surface area (Å²) in [7, 11) is 0. The molecule has 0 aromatic heterocycles. The van der Waals surface area contributed by atoms with Gasteiger partial charge in [-0.25, -0.2) is 0 Å². The Morgan fingerprint density at radius 3 is 0.400 bits per heavy atom. The van der Waals surface area contributed by atoms with Gasteiger partial charge in [0.05, 0.1) is 0 Å². The van der Waals surface area contributed by atoms with Gasteiger partial charge in [0.2, 0.25) is 0 Å². The molecule has 0 N–H and O–H groups in total. The standard InChI is InChI=1S/6CN.K.2Mn.H/c6*1-2;;;;/q6*-1;+1;;;-1. The van der Waals surface area contributed by atoms with E-state index < -0.39 is 0 Å². The molecule has 0 aliphatic heterocycles. The van der Waals surface area contributed by atoms with Crippen LogP contribution in [0.5, 0.6) is 0 Å². The van der Waals surface area contributed by atoms with Crippen LogP contribution in [0.15, 0.2) is 0 Å². The zero-order valence-electron chi connectivity index (χ0n) is 8.44. The van der Waals surface area contributed by atoms with Crippen molar-refractivity contribution < 1.29 is 86.9 Å². The van der Waals surface area contributed by atoms with Gasteiger partial charge in [-0.05, 0) is 0 Å². The third-order valence-electron chi connectivity index (χ3n) is 0. The van der Waals surface area contributed by atoms with Crippen molar-refractivity contribution in [3.63, 3.8) is 0 Å². The molecule has 0 aromatic rings. The molecule has 2 radical (unpaired) electrons. The van der Waals surface area contributed by atoms with Gasteiger partial charge in [-0.1, -0.05) is 0 Å². The fourth-order valence-corrected chi connectivity index (χ4v) is 0. The van der Waals surface area contributed by atoms with Gasteiger partial charge in [-0.2, -0.15) is 0 Å². The maximum absolute atomic E-state index is 6.25. The van der Waals surface area contributed by atoms with Crippen LogP contribution in [0.25, 0.3) is 0 Å².